The van der Waals surface area contributed by atoms with E-state index >= 15 is 0 Å². The molecule has 0 aromatic heterocycles. The lowest BCUT2D eigenvalue weighted by Crippen LogP contribution is -2.50. The number of ketones is 1. The SMILES string of the molecule is CC(C)(C)OC(=O)N1CCC(=O)CC1.CC(C)(C)OC(=O)N1CCC2(CC1)OC(=O)Nc1ccccc12.CC(C)(C)OC(=O)Nc1ccccc1.ClCCl.O=C1Nc2ccccc2C2(CCNCC2)O1. The number of fused-ring (bicyclic) bond motifs is 4. The van der Waals surface area contributed by atoms with Gasteiger partial charge in [-0.1, -0.05) is 54.6 Å². The summed E-state index contributed by atoms with van der Waals surface area (Å²) < 4.78 is 26.9. The number of piperidine rings is 3. The van der Waals surface area contributed by atoms with E-state index in [0.29, 0.717) is 51.9 Å². The molecule has 4 N–H and O–H groups in total. The van der Waals surface area contributed by atoms with Crippen LogP contribution in [0.2, 0.25) is 0 Å². The molecule has 384 valence electrons. The van der Waals surface area contributed by atoms with Gasteiger partial charge in [-0.3, -0.25) is 20.7 Å². The third-order valence-electron chi connectivity index (χ3n) is 10.9. The van der Waals surface area contributed by atoms with Crippen LogP contribution in [0.4, 0.5) is 41.0 Å². The molecule has 0 aliphatic carbocycles. The maximum absolute atomic E-state index is 12.2. The van der Waals surface area contributed by atoms with E-state index in [2.05, 4.69) is 21.3 Å². The van der Waals surface area contributed by atoms with Crippen molar-refractivity contribution in [3.8, 4) is 0 Å². The maximum Gasteiger partial charge on any atom is 0.412 e. The zero-order valence-electron chi connectivity index (χ0n) is 41.8. The van der Waals surface area contributed by atoms with Crippen molar-refractivity contribution < 1.29 is 52.5 Å². The van der Waals surface area contributed by atoms with E-state index in [4.69, 9.17) is 46.9 Å². The van der Waals surface area contributed by atoms with Crippen molar-refractivity contribution in [3.63, 3.8) is 0 Å². The molecule has 70 heavy (non-hydrogen) atoms. The zero-order valence-corrected chi connectivity index (χ0v) is 43.4. The van der Waals surface area contributed by atoms with Crippen LogP contribution >= 0.6 is 23.2 Å². The molecule has 3 aromatic rings. The predicted octanol–water partition coefficient (Wildman–Crippen LogP) is 11.3. The number of para-hydroxylation sites is 3. The summed E-state index contributed by atoms with van der Waals surface area (Å²) in [6.07, 6.45) is 1.91. The van der Waals surface area contributed by atoms with Gasteiger partial charge in [0.15, 0.2) is 0 Å². The van der Waals surface area contributed by atoms with Gasteiger partial charge in [-0.25, -0.2) is 24.0 Å². The Kier molecular flexibility index (Phi) is 20.6. The Hall–Kier alpha value is -5.78. The lowest BCUT2D eigenvalue weighted by atomic mass is 9.82. The Morgan fingerprint density at radius 1 is 0.586 bits per heavy atom. The van der Waals surface area contributed by atoms with Crippen LogP contribution in [0.3, 0.4) is 0 Å². The van der Waals surface area contributed by atoms with Crippen LogP contribution in [0.5, 0.6) is 0 Å². The number of likely N-dealkylation sites (tertiary alicyclic amines) is 2. The van der Waals surface area contributed by atoms with Crippen LogP contribution < -0.4 is 21.3 Å². The quantitative estimate of drug-likeness (QED) is 0.133. The number of amides is 5. The first-order valence-electron chi connectivity index (χ1n) is 23.4. The number of halogens is 2. The Morgan fingerprint density at radius 3 is 1.40 bits per heavy atom. The first-order chi connectivity index (χ1) is 32.9. The van der Waals surface area contributed by atoms with Crippen LogP contribution in [0.1, 0.15) is 112 Å². The molecular weight excluding hydrogens is 943 g/mol. The number of nitrogens with zero attached hydrogens (tertiary/aromatic N) is 2. The zero-order chi connectivity index (χ0) is 51.8. The molecule has 5 heterocycles. The largest absolute Gasteiger partial charge is 0.444 e. The Balaban J connectivity index is 0.000000204. The number of hydrogen-bond donors (Lipinski definition) is 4. The highest BCUT2D eigenvalue weighted by atomic mass is 35.5. The minimum atomic E-state index is -0.655. The number of alkyl halides is 2. The molecule has 19 heteroatoms. The Bertz CT molecular complexity index is 2220. The second kappa shape index (κ2) is 25.4. The van der Waals surface area contributed by atoms with Crippen LogP contribution in [-0.4, -0.2) is 107 Å². The number of ether oxygens (including phenoxy) is 5. The lowest BCUT2D eigenvalue weighted by Gasteiger charge is -2.44. The minimum Gasteiger partial charge on any atom is -0.444 e. The third kappa shape index (κ3) is 18.2. The summed E-state index contributed by atoms with van der Waals surface area (Å²) in [5.74, 6) is 0.227. The molecule has 0 saturated carbocycles. The predicted molar refractivity (Wildman–Crippen MR) is 271 cm³/mol. The van der Waals surface area contributed by atoms with Gasteiger partial charge in [0.2, 0.25) is 0 Å². The van der Waals surface area contributed by atoms with Gasteiger partial charge in [0, 0.05) is 81.5 Å². The summed E-state index contributed by atoms with van der Waals surface area (Å²) >= 11 is 9.53. The summed E-state index contributed by atoms with van der Waals surface area (Å²) in [5.41, 5.74) is 2.00. The first-order valence-corrected chi connectivity index (χ1v) is 24.5. The van der Waals surface area contributed by atoms with Crippen LogP contribution in [0.15, 0.2) is 78.9 Å². The van der Waals surface area contributed by atoms with E-state index in [9.17, 15) is 28.8 Å². The molecular formula is C51H70Cl2N6O11. The van der Waals surface area contributed by atoms with Gasteiger partial charge in [-0.2, -0.15) is 0 Å². The van der Waals surface area contributed by atoms with E-state index < -0.39 is 40.2 Å². The van der Waals surface area contributed by atoms with E-state index in [1.54, 1.807) is 9.80 Å². The second-order valence-corrected chi connectivity index (χ2v) is 20.7. The van der Waals surface area contributed by atoms with E-state index in [-0.39, 0.29) is 29.4 Å². The normalized spacial score (nSPS) is 17.6. The fourth-order valence-corrected chi connectivity index (χ4v) is 7.87. The molecule has 3 aromatic carbocycles. The highest BCUT2D eigenvalue weighted by molar-refractivity contribution is 6.40. The minimum absolute atomic E-state index is 0.194. The molecule has 0 bridgehead atoms. The number of carbonyl (C=O) groups excluding carboxylic acids is 6. The number of hydrogen-bond acceptors (Lipinski definition) is 12. The van der Waals surface area contributed by atoms with Gasteiger partial charge >= 0.3 is 30.5 Å². The number of nitrogens with one attached hydrogen (secondary N) is 4. The Labute approximate surface area is 421 Å². The standard InChI is InChI=1S/C17H22N2O4.C12H14N2O2.C11H15NO2.C10H17NO3.CH2Cl2/c1-16(2,3)23-15(21)19-10-8-17(9-11-19)12-6-4-5-7-13(12)18-14(20)22-17;15-11-14-10-4-2-1-3-9(10)12(16-11)5-7-13-8-6-12;1-11(2,3)14-10(13)12-9-7-5-4-6-8-9;1-10(2,3)14-9(13)11-6-4-8(12)5-7-11;2-1-3/h4-7H,8-11H2,1-3H3,(H,18,20);1-4,13H,5-8H2,(H,14,15);4-8H,1-3H3,(H,12,13);4-7H2,1-3H3;1H2. The second-order valence-electron chi connectivity index (χ2n) is 19.9. The molecule has 5 amide bonds. The smallest absolute Gasteiger partial charge is 0.412 e. The molecule has 3 saturated heterocycles. The van der Waals surface area contributed by atoms with Crippen LogP contribution in [-0.2, 0) is 39.7 Å². The molecule has 3 fully saturated rings. The summed E-state index contributed by atoms with van der Waals surface area (Å²) in [7, 11) is 0. The molecule has 5 aliphatic rings. The molecule has 8 rings (SSSR count). The maximum atomic E-state index is 12.2. The monoisotopic (exact) mass is 1010 g/mol. The van der Waals surface area contributed by atoms with Gasteiger partial charge < -0.3 is 38.8 Å². The number of rotatable bonds is 1. The number of benzene rings is 3. The van der Waals surface area contributed by atoms with Crippen molar-refractivity contribution in [2.24, 2.45) is 0 Å². The summed E-state index contributed by atoms with van der Waals surface area (Å²) in [5, 5.41) is 11.6. The van der Waals surface area contributed by atoms with Gasteiger partial charge in [-0.05, 0) is 99.7 Å². The van der Waals surface area contributed by atoms with Crippen molar-refractivity contribution in [3.05, 3.63) is 90.0 Å². The average molecular weight is 1010 g/mol. The highest BCUT2D eigenvalue weighted by Gasteiger charge is 2.46. The van der Waals surface area contributed by atoms with Gasteiger partial charge in [-0.15, -0.1) is 23.2 Å². The summed E-state index contributed by atoms with van der Waals surface area (Å²) in [4.78, 5) is 72.6. The van der Waals surface area contributed by atoms with Crippen molar-refractivity contribution in [1.29, 1.82) is 0 Å². The summed E-state index contributed by atoms with van der Waals surface area (Å²) in [6.45, 7) is 20.3. The molecule has 0 radical (unpaired) electrons. The molecule has 2 spiro atoms. The van der Waals surface area contributed by atoms with Crippen molar-refractivity contribution in [2.45, 2.75) is 129 Å². The fourth-order valence-electron chi connectivity index (χ4n) is 7.87. The molecule has 5 aliphatic heterocycles. The Morgan fingerprint density at radius 2 is 0.971 bits per heavy atom. The lowest BCUT2D eigenvalue weighted by molar-refractivity contribution is -0.121. The van der Waals surface area contributed by atoms with Crippen molar-refractivity contribution >= 4 is 76.5 Å². The number of carbonyl (C=O) groups is 6. The molecule has 0 atom stereocenters. The van der Waals surface area contributed by atoms with Crippen LogP contribution in [0.25, 0.3) is 0 Å². The average Bonchev–Trinajstić information content (AvgIpc) is 3.27. The van der Waals surface area contributed by atoms with E-state index in [1.165, 1.54) is 0 Å². The summed E-state index contributed by atoms with van der Waals surface area (Å²) in [6, 6.07) is 24.8. The molecule has 0 unspecified atom stereocenters. The van der Waals surface area contributed by atoms with Crippen molar-refractivity contribution in [2.75, 3.05) is 60.6 Å². The number of Topliss-reactive ketones (excluding diaryl/α,β-unsaturated/α-hetero) is 1. The van der Waals surface area contributed by atoms with Gasteiger partial charge in [0.25, 0.3) is 0 Å². The number of anilines is 3. The van der Waals surface area contributed by atoms with E-state index in [1.807, 2.05) is 141 Å². The third-order valence-corrected chi connectivity index (χ3v) is 10.9. The first kappa shape index (κ1) is 56.8. The van der Waals surface area contributed by atoms with Gasteiger partial charge in [0.05, 0.1) is 16.7 Å². The van der Waals surface area contributed by atoms with E-state index in [0.717, 1.165) is 54.1 Å². The van der Waals surface area contributed by atoms with Crippen LogP contribution in [0, 0.1) is 0 Å². The van der Waals surface area contributed by atoms with Crippen molar-refractivity contribution in [1.82, 2.24) is 15.1 Å². The molecule has 17 nitrogen and oxygen atoms in total. The highest BCUT2D eigenvalue weighted by Crippen LogP contribution is 2.44. The van der Waals surface area contributed by atoms with Gasteiger partial charge in [0.1, 0.15) is 33.8 Å². The topological polar surface area (TPSA) is 203 Å². The fraction of sp³-hybridized carbons (Fsp3) is 0.529.